The number of aliphatic hydroxyl groups is 1. The molecule has 1 aliphatic rings. The van der Waals surface area contributed by atoms with Crippen LogP contribution in [-0.4, -0.2) is 30.8 Å². The van der Waals surface area contributed by atoms with Crippen molar-refractivity contribution in [1.29, 1.82) is 0 Å². The second kappa shape index (κ2) is 7.76. The zero-order valence-electron chi connectivity index (χ0n) is 11.3. The Morgan fingerprint density at radius 2 is 2.20 bits per heavy atom. The molecule has 2 N–H and O–H groups in total. The van der Waals surface area contributed by atoms with Crippen molar-refractivity contribution < 1.29 is 14.6 Å². The van der Waals surface area contributed by atoms with E-state index in [2.05, 4.69) is 21.2 Å². The van der Waals surface area contributed by atoms with Crippen LogP contribution in [0.3, 0.4) is 0 Å². The van der Waals surface area contributed by atoms with Crippen molar-refractivity contribution in [3.05, 3.63) is 34.3 Å². The quantitative estimate of drug-likeness (QED) is 0.835. The van der Waals surface area contributed by atoms with Crippen molar-refractivity contribution in [2.24, 2.45) is 5.92 Å². The minimum absolute atomic E-state index is 0.0149. The summed E-state index contributed by atoms with van der Waals surface area (Å²) in [5.41, 5.74) is 0.910. The molecule has 0 bridgehead atoms. The Hall–Kier alpha value is -0.910. The fourth-order valence-corrected chi connectivity index (χ4v) is 2.61. The smallest absolute Gasteiger partial charge is 0.220 e. The zero-order valence-corrected chi connectivity index (χ0v) is 12.9. The Labute approximate surface area is 127 Å². The highest BCUT2D eigenvalue weighted by Gasteiger charge is 2.18. The number of amides is 1. The van der Waals surface area contributed by atoms with E-state index in [1.54, 1.807) is 0 Å². The van der Waals surface area contributed by atoms with Crippen LogP contribution in [0.25, 0.3) is 0 Å². The molecule has 1 saturated heterocycles. The van der Waals surface area contributed by atoms with E-state index in [0.29, 0.717) is 12.3 Å². The first-order valence-corrected chi connectivity index (χ1v) is 7.71. The molecule has 110 valence electrons. The summed E-state index contributed by atoms with van der Waals surface area (Å²) >= 11 is 3.37. The number of halogens is 1. The summed E-state index contributed by atoms with van der Waals surface area (Å²) in [6, 6.07) is 7.27. The van der Waals surface area contributed by atoms with E-state index >= 15 is 0 Å². The van der Waals surface area contributed by atoms with E-state index in [4.69, 9.17) is 4.74 Å². The van der Waals surface area contributed by atoms with Crippen molar-refractivity contribution >= 4 is 21.8 Å². The summed E-state index contributed by atoms with van der Waals surface area (Å²) in [5.74, 6) is 0.486. The van der Waals surface area contributed by atoms with Crippen molar-refractivity contribution in [3.63, 3.8) is 0 Å². The van der Waals surface area contributed by atoms with Gasteiger partial charge >= 0.3 is 0 Å². The molecule has 1 heterocycles. The maximum Gasteiger partial charge on any atom is 0.220 e. The highest BCUT2D eigenvalue weighted by Crippen LogP contribution is 2.19. The Morgan fingerprint density at radius 1 is 1.45 bits per heavy atom. The predicted molar refractivity (Wildman–Crippen MR) is 80.3 cm³/mol. The van der Waals surface area contributed by atoms with Gasteiger partial charge in [-0.3, -0.25) is 4.79 Å². The first kappa shape index (κ1) is 15.5. The molecule has 20 heavy (non-hydrogen) atoms. The zero-order chi connectivity index (χ0) is 14.4. The molecule has 0 aliphatic carbocycles. The first-order chi connectivity index (χ1) is 9.69. The van der Waals surface area contributed by atoms with Crippen molar-refractivity contribution in [2.45, 2.75) is 25.3 Å². The lowest BCUT2D eigenvalue weighted by Crippen LogP contribution is -2.30. The summed E-state index contributed by atoms with van der Waals surface area (Å²) in [6.07, 6.45) is 2.38. The summed E-state index contributed by atoms with van der Waals surface area (Å²) in [5, 5.41) is 12.3. The van der Waals surface area contributed by atoms with Gasteiger partial charge in [-0.1, -0.05) is 28.1 Å². The van der Waals surface area contributed by atoms with Crippen LogP contribution >= 0.6 is 15.9 Å². The minimum atomic E-state index is -0.338. The molecule has 1 amide bonds. The van der Waals surface area contributed by atoms with Crippen LogP contribution in [0.4, 0.5) is 0 Å². The number of rotatable bonds is 6. The highest BCUT2D eigenvalue weighted by atomic mass is 79.9. The first-order valence-electron chi connectivity index (χ1n) is 6.92. The molecule has 0 saturated carbocycles. The minimum Gasteiger partial charge on any atom is -0.394 e. The third-order valence-corrected chi connectivity index (χ3v) is 4.12. The third kappa shape index (κ3) is 4.58. The molecule has 5 heteroatoms. The van der Waals surface area contributed by atoms with Crippen LogP contribution in [0.2, 0.25) is 0 Å². The molecular weight excluding hydrogens is 322 g/mol. The normalized spacial score (nSPS) is 19.8. The molecule has 0 spiro atoms. The van der Waals surface area contributed by atoms with Gasteiger partial charge < -0.3 is 15.2 Å². The van der Waals surface area contributed by atoms with E-state index in [1.165, 1.54) is 0 Å². The summed E-state index contributed by atoms with van der Waals surface area (Å²) in [6.45, 7) is 1.48. The molecule has 0 aromatic heterocycles. The average Bonchev–Trinajstić information content (AvgIpc) is 2.97. The van der Waals surface area contributed by atoms with Gasteiger partial charge in [0.2, 0.25) is 5.91 Å². The molecule has 2 rings (SSSR count). The molecule has 1 aromatic rings. The number of carbonyl (C=O) groups excluding carboxylic acids is 1. The Kier molecular flexibility index (Phi) is 6.01. The van der Waals surface area contributed by atoms with Crippen LogP contribution in [0.1, 0.15) is 30.9 Å². The van der Waals surface area contributed by atoms with Gasteiger partial charge in [0, 0.05) is 24.1 Å². The number of ether oxygens (including phenoxy) is 1. The third-order valence-electron chi connectivity index (χ3n) is 3.59. The van der Waals surface area contributed by atoms with Crippen LogP contribution in [0, 0.1) is 5.92 Å². The molecular formula is C15H20BrNO3. The van der Waals surface area contributed by atoms with Crippen LogP contribution in [-0.2, 0) is 9.53 Å². The van der Waals surface area contributed by atoms with Crippen LogP contribution < -0.4 is 5.32 Å². The van der Waals surface area contributed by atoms with E-state index in [0.717, 1.165) is 36.1 Å². The van der Waals surface area contributed by atoms with Gasteiger partial charge in [0.25, 0.3) is 0 Å². The number of benzene rings is 1. The molecule has 4 nitrogen and oxygen atoms in total. The molecule has 1 fully saturated rings. The van der Waals surface area contributed by atoms with Gasteiger partial charge in [-0.15, -0.1) is 0 Å². The number of carbonyl (C=O) groups is 1. The number of hydrogen-bond acceptors (Lipinski definition) is 3. The monoisotopic (exact) mass is 341 g/mol. The van der Waals surface area contributed by atoms with Crippen molar-refractivity contribution in [2.75, 3.05) is 19.8 Å². The fourth-order valence-electron chi connectivity index (χ4n) is 2.34. The Balaban J connectivity index is 1.82. The van der Waals surface area contributed by atoms with E-state index < -0.39 is 0 Å². The molecule has 2 unspecified atom stereocenters. The maximum atomic E-state index is 11.9. The van der Waals surface area contributed by atoms with Crippen molar-refractivity contribution in [3.8, 4) is 0 Å². The summed E-state index contributed by atoms with van der Waals surface area (Å²) < 4.78 is 6.27. The number of aliphatic hydroxyl groups excluding tert-OH is 1. The number of hydrogen-bond donors (Lipinski definition) is 2. The van der Waals surface area contributed by atoms with E-state index in [-0.39, 0.29) is 18.6 Å². The van der Waals surface area contributed by atoms with E-state index in [1.807, 2.05) is 24.3 Å². The second-order valence-electron chi connectivity index (χ2n) is 5.12. The topological polar surface area (TPSA) is 58.6 Å². The van der Waals surface area contributed by atoms with Crippen LogP contribution in [0.15, 0.2) is 28.7 Å². The van der Waals surface area contributed by atoms with Gasteiger partial charge in [-0.2, -0.15) is 0 Å². The molecule has 1 aromatic carbocycles. The molecule has 0 radical (unpaired) electrons. The lowest BCUT2D eigenvalue weighted by atomic mass is 10.0. The molecule has 2 atom stereocenters. The maximum absolute atomic E-state index is 11.9. The lowest BCUT2D eigenvalue weighted by molar-refractivity contribution is -0.122. The van der Waals surface area contributed by atoms with Gasteiger partial charge in [0.15, 0.2) is 0 Å². The standard InChI is InChI=1S/C15H20BrNO3/c16-13-4-2-12(3-5-13)14(9-18)17-15(19)6-1-11-7-8-20-10-11/h2-5,11,14,18H,1,6-10H2,(H,17,19). The SMILES string of the molecule is O=C(CCC1CCOC1)NC(CO)c1ccc(Br)cc1. The van der Waals surface area contributed by atoms with Gasteiger partial charge in [0.05, 0.1) is 12.6 Å². The largest absolute Gasteiger partial charge is 0.394 e. The molecule has 1 aliphatic heterocycles. The van der Waals surface area contributed by atoms with E-state index in [9.17, 15) is 9.90 Å². The van der Waals surface area contributed by atoms with Crippen LogP contribution in [0.5, 0.6) is 0 Å². The second-order valence-corrected chi connectivity index (χ2v) is 6.04. The number of nitrogens with one attached hydrogen (secondary N) is 1. The van der Waals surface area contributed by atoms with Gasteiger partial charge in [0.1, 0.15) is 0 Å². The predicted octanol–water partition coefficient (Wildman–Crippen LogP) is 2.42. The average molecular weight is 342 g/mol. The lowest BCUT2D eigenvalue weighted by Gasteiger charge is -2.17. The summed E-state index contributed by atoms with van der Waals surface area (Å²) in [4.78, 5) is 11.9. The highest BCUT2D eigenvalue weighted by molar-refractivity contribution is 9.10. The Bertz CT molecular complexity index is 429. The van der Waals surface area contributed by atoms with Gasteiger partial charge in [-0.25, -0.2) is 0 Å². The van der Waals surface area contributed by atoms with Crippen molar-refractivity contribution in [1.82, 2.24) is 5.32 Å². The van der Waals surface area contributed by atoms with Gasteiger partial charge in [-0.05, 0) is 36.5 Å². The fraction of sp³-hybridized carbons (Fsp3) is 0.533. The summed E-state index contributed by atoms with van der Waals surface area (Å²) in [7, 11) is 0. The Morgan fingerprint density at radius 3 is 2.80 bits per heavy atom.